The molecule has 0 amide bonds. The van der Waals surface area contributed by atoms with Crippen LogP contribution in [-0.4, -0.2) is 25.7 Å². The minimum Gasteiger partial charge on any atom is -0.481 e. The summed E-state index contributed by atoms with van der Waals surface area (Å²) in [4.78, 5) is 15.2. The number of hydrogen-bond acceptors (Lipinski definition) is 3. The molecule has 0 unspecified atom stereocenters. The number of carboxylic acids is 1. The van der Waals surface area contributed by atoms with E-state index in [0.29, 0.717) is 11.6 Å². The van der Waals surface area contributed by atoms with Crippen molar-refractivity contribution in [2.75, 3.05) is 0 Å². The molecule has 3 rings (SSSR count). The maximum Gasteiger partial charge on any atom is 0.307 e. The van der Waals surface area contributed by atoms with Gasteiger partial charge in [-0.1, -0.05) is 12.5 Å². The lowest BCUT2D eigenvalue weighted by atomic mass is 9.85. The smallest absolute Gasteiger partial charge is 0.307 e. The van der Waals surface area contributed by atoms with Crippen molar-refractivity contribution in [3.05, 3.63) is 29.7 Å². The molecule has 2 heterocycles. The average molecular weight is 231 g/mol. The van der Waals surface area contributed by atoms with Gasteiger partial charge in [-0.2, -0.15) is 5.10 Å². The van der Waals surface area contributed by atoms with Gasteiger partial charge in [0.1, 0.15) is 0 Å². The molecule has 0 saturated heterocycles. The summed E-state index contributed by atoms with van der Waals surface area (Å²) in [5, 5.41) is 13.3. The molecule has 0 bridgehead atoms. The summed E-state index contributed by atoms with van der Waals surface area (Å²) in [5.41, 5.74) is 1.40. The van der Waals surface area contributed by atoms with Crippen molar-refractivity contribution in [3.8, 4) is 0 Å². The molecule has 1 fully saturated rings. The number of rotatable bonds is 3. The van der Waals surface area contributed by atoms with E-state index in [4.69, 9.17) is 5.11 Å². The van der Waals surface area contributed by atoms with Gasteiger partial charge < -0.3 is 5.11 Å². The molecule has 17 heavy (non-hydrogen) atoms. The Kier molecular flexibility index (Phi) is 2.31. The second kappa shape index (κ2) is 3.84. The number of hydrogen-bond donors (Lipinski definition) is 1. The third kappa shape index (κ3) is 1.77. The maximum absolute atomic E-state index is 10.8. The van der Waals surface area contributed by atoms with Crippen molar-refractivity contribution in [1.82, 2.24) is 14.6 Å². The van der Waals surface area contributed by atoms with Crippen LogP contribution in [0.3, 0.4) is 0 Å². The molecule has 1 aliphatic rings. The van der Waals surface area contributed by atoms with Crippen molar-refractivity contribution in [3.63, 3.8) is 0 Å². The molecule has 0 aromatic carbocycles. The molecular weight excluding hydrogens is 218 g/mol. The van der Waals surface area contributed by atoms with Gasteiger partial charge in [-0.05, 0) is 18.9 Å². The summed E-state index contributed by atoms with van der Waals surface area (Å²) in [6.07, 6.45) is 5.33. The highest BCUT2D eigenvalue weighted by molar-refractivity contribution is 5.73. The Labute approximate surface area is 98.1 Å². The SMILES string of the molecule is O=C(O)Cc1cccn2nc(C3CCC3)nc12. The molecule has 2 aromatic heterocycles. The lowest BCUT2D eigenvalue weighted by Crippen LogP contribution is -2.10. The lowest BCUT2D eigenvalue weighted by Gasteiger charge is -2.21. The summed E-state index contributed by atoms with van der Waals surface area (Å²) in [6, 6.07) is 3.60. The predicted octanol–water partition coefficient (Wildman–Crippen LogP) is 1.62. The van der Waals surface area contributed by atoms with Crippen molar-refractivity contribution in [2.24, 2.45) is 0 Å². The zero-order valence-corrected chi connectivity index (χ0v) is 9.33. The quantitative estimate of drug-likeness (QED) is 0.871. The van der Waals surface area contributed by atoms with E-state index in [1.54, 1.807) is 10.6 Å². The number of pyridine rings is 1. The van der Waals surface area contributed by atoms with Gasteiger partial charge in [0.2, 0.25) is 0 Å². The first-order chi connectivity index (χ1) is 8.24. The number of carbonyl (C=O) groups is 1. The molecule has 5 nitrogen and oxygen atoms in total. The Hall–Kier alpha value is -1.91. The van der Waals surface area contributed by atoms with Gasteiger partial charge in [0.05, 0.1) is 6.42 Å². The first-order valence-electron chi connectivity index (χ1n) is 5.80. The fraction of sp³-hybridized carbons (Fsp3) is 0.417. The van der Waals surface area contributed by atoms with Crippen molar-refractivity contribution >= 4 is 11.6 Å². The first-order valence-corrected chi connectivity index (χ1v) is 5.80. The van der Waals surface area contributed by atoms with Crippen LogP contribution < -0.4 is 0 Å². The molecule has 5 heteroatoms. The third-order valence-electron chi connectivity index (χ3n) is 3.27. The van der Waals surface area contributed by atoms with Crippen molar-refractivity contribution in [1.29, 1.82) is 0 Å². The van der Waals surface area contributed by atoms with E-state index in [2.05, 4.69) is 10.1 Å². The fourth-order valence-electron chi connectivity index (χ4n) is 2.12. The maximum atomic E-state index is 10.8. The first kappa shape index (κ1) is 10.3. The Morgan fingerprint density at radius 1 is 1.53 bits per heavy atom. The van der Waals surface area contributed by atoms with E-state index in [-0.39, 0.29) is 6.42 Å². The van der Waals surface area contributed by atoms with Crippen LogP contribution in [0.4, 0.5) is 0 Å². The summed E-state index contributed by atoms with van der Waals surface area (Å²) >= 11 is 0. The topological polar surface area (TPSA) is 67.5 Å². The molecule has 0 radical (unpaired) electrons. The predicted molar refractivity (Wildman–Crippen MR) is 60.9 cm³/mol. The monoisotopic (exact) mass is 231 g/mol. The van der Waals surface area contributed by atoms with E-state index in [1.807, 2.05) is 12.3 Å². The largest absolute Gasteiger partial charge is 0.481 e. The van der Waals surface area contributed by atoms with Crippen LogP contribution >= 0.6 is 0 Å². The van der Waals surface area contributed by atoms with E-state index in [0.717, 1.165) is 24.2 Å². The third-order valence-corrected chi connectivity index (χ3v) is 3.27. The summed E-state index contributed by atoms with van der Waals surface area (Å²) in [6.45, 7) is 0. The molecule has 2 aromatic rings. The molecule has 88 valence electrons. The molecule has 0 spiro atoms. The second-order valence-electron chi connectivity index (χ2n) is 4.47. The van der Waals surface area contributed by atoms with E-state index < -0.39 is 5.97 Å². The van der Waals surface area contributed by atoms with Gasteiger partial charge in [-0.3, -0.25) is 4.79 Å². The van der Waals surface area contributed by atoms with Gasteiger partial charge >= 0.3 is 5.97 Å². The van der Waals surface area contributed by atoms with Gasteiger partial charge in [-0.25, -0.2) is 9.50 Å². The summed E-state index contributed by atoms with van der Waals surface area (Å²) in [5.74, 6) is 0.480. The Bertz CT molecular complexity index is 572. The van der Waals surface area contributed by atoms with Gasteiger partial charge in [0.15, 0.2) is 11.5 Å². The summed E-state index contributed by atoms with van der Waals surface area (Å²) < 4.78 is 1.69. The van der Waals surface area contributed by atoms with Crippen LogP contribution in [0.25, 0.3) is 5.65 Å². The molecular formula is C12H13N3O2. The highest BCUT2D eigenvalue weighted by Gasteiger charge is 2.24. The second-order valence-corrected chi connectivity index (χ2v) is 4.47. The number of fused-ring (bicyclic) bond motifs is 1. The van der Waals surface area contributed by atoms with Crippen LogP contribution in [0.15, 0.2) is 18.3 Å². The molecule has 0 aliphatic heterocycles. The average Bonchev–Trinajstić information content (AvgIpc) is 2.58. The molecule has 1 saturated carbocycles. The normalized spacial score (nSPS) is 16.0. The number of aliphatic carboxylic acids is 1. The van der Waals surface area contributed by atoms with E-state index in [1.165, 1.54) is 6.42 Å². The van der Waals surface area contributed by atoms with E-state index in [9.17, 15) is 4.79 Å². The number of nitrogens with zero attached hydrogens (tertiary/aromatic N) is 3. The Balaban J connectivity index is 2.04. The molecule has 1 aliphatic carbocycles. The zero-order chi connectivity index (χ0) is 11.8. The van der Waals surface area contributed by atoms with Crippen LogP contribution in [0.2, 0.25) is 0 Å². The van der Waals surface area contributed by atoms with Crippen molar-refractivity contribution in [2.45, 2.75) is 31.6 Å². The van der Waals surface area contributed by atoms with Gasteiger partial charge in [0, 0.05) is 17.7 Å². The van der Waals surface area contributed by atoms with Crippen LogP contribution in [0.5, 0.6) is 0 Å². The van der Waals surface area contributed by atoms with Crippen LogP contribution in [-0.2, 0) is 11.2 Å². The lowest BCUT2D eigenvalue weighted by molar-refractivity contribution is -0.136. The van der Waals surface area contributed by atoms with Gasteiger partial charge in [0.25, 0.3) is 0 Å². The summed E-state index contributed by atoms with van der Waals surface area (Å²) in [7, 11) is 0. The standard InChI is InChI=1S/C12H13N3O2/c16-10(17)7-9-5-2-6-15-12(9)13-11(14-15)8-3-1-4-8/h2,5-6,8H,1,3-4,7H2,(H,16,17). The van der Waals surface area contributed by atoms with E-state index >= 15 is 0 Å². The zero-order valence-electron chi connectivity index (χ0n) is 9.33. The van der Waals surface area contributed by atoms with Crippen molar-refractivity contribution < 1.29 is 9.90 Å². The van der Waals surface area contributed by atoms with Crippen LogP contribution in [0.1, 0.15) is 36.6 Å². The molecule has 0 atom stereocenters. The fourth-order valence-corrected chi connectivity index (χ4v) is 2.12. The Morgan fingerprint density at radius 2 is 2.35 bits per heavy atom. The minimum atomic E-state index is -0.841. The van der Waals surface area contributed by atoms with Crippen LogP contribution in [0, 0.1) is 0 Å². The minimum absolute atomic E-state index is 0.00681. The molecule has 1 N–H and O–H groups in total. The van der Waals surface area contributed by atoms with Gasteiger partial charge in [-0.15, -0.1) is 0 Å². The Morgan fingerprint density at radius 3 is 3.00 bits per heavy atom. The highest BCUT2D eigenvalue weighted by Crippen LogP contribution is 2.34. The number of carboxylic acid groups (broad SMARTS) is 1. The highest BCUT2D eigenvalue weighted by atomic mass is 16.4. The number of aromatic nitrogens is 3.